The fourth-order valence-corrected chi connectivity index (χ4v) is 4.14. The third-order valence-electron chi connectivity index (χ3n) is 5.75. The van der Waals surface area contributed by atoms with Crippen LogP contribution in [-0.2, 0) is 29.1 Å². The van der Waals surface area contributed by atoms with Crippen molar-refractivity contribution in [1.82, 2.24) is 14.5 Å². The molecule has 0 saturated heterocycles. The second-order valence-corrected chi connectivity index (χ2v) is 8.69. The van der Waals surface area contributed by atoms with Crippen LogP contribution in [0.4, 0.5) is 5.69 Å². The van der Waals surface area contributed by atoms with Crippen molar-refractivity contribution in [3.05, 3.63) is 104 Å². The van der Waals surface area contributed by atoms with Crippen LogP contribution < -0.4 is 26.6 Å². The number of methoxy groups -OCH3 is 1. The highest BCUT2D eigenvalue weighted by atomic mass is 35.5. The number of nitrogens with zero attached hydrogens (tertiary/aromatic N) is 2. The van der Waals surface area contributed by atoms with Gasteiger partial charge in [-0.15, -0.1) is 0 Å². The van der Waals surface area contributed by atoms with Gasteiger partial charge < -0.3 is 15.4 Å². The van der Waals surface area contributed by atoms with Gasteiger partial charge in [0.25, 0.3) is 5.56 Å². The molecular weight excluding hydrogens is 496 g/mol. The molecule has 0 atom stereocenters. The molecule has 3 aromatic carbocycles. The lowest BCUT2D eigenvalue weighted by Crippen LogP contribution is -2.45. The summed E-state index contributed by atoms with van der Waals surface area (Å²) in [4.78, 5) is 51.9. The number of hydrogen-bond acceptors (Lipinski definition) is 5. The van der Waals surface area contributed by atoms with Gasteiger partial charge >= 0.3 is 5.69 Å². The number of para-hydroxylation sites is 1. The van der Waals surface area contributed by atoms with Crippen molar-refractivity contribution in [2.24, 2.45) is 0 Å². The summed E-state index contributed by atoms with van der Waals surface area (Å²) in [6.07, 6.45) is 0.608. The van der Waals surface area contributed by atoms with Crippen LogP contribution in [0.15, 0.2) is 82.4 Å². The number of carbonyl (C=O) groups excluding carboxylic acids is 2. The largest absolute Gasteiger partial charge is 0.495 e. The Hall–Kier alpha value is -4.37. The molecule has 0 fully saturated rings. The number of nitrogens with one attached hydrogen (secondary N) is 2. The van der Waals surface area contributed by atoms with Gasteiger partial charge in [0.2, 0.25) is 11.8 Å². The van der Waals surface area contributed by atoms with E-state index in [0.29, 0.717) is 29.4 Å². The molecule has 10 heteroatoms. The summed E-state index contributed by atoms with van der Waals surface area (Å²) in [5.74, 6) is -0.623. The predicted molar refractivity (Wildman–Crippen MR) is 142 cm³/mol. The molecule has 0 unspecified atom stereocenters. The van der Waals surface area contributed by atoms with Crippen molar-refractivity contribution in [3.63, 3.8) is 0 Å². The molecule has 0 saturated carbocycles. The topological polar surface area (TPSA) is 111 Å². The highest BCUT2D eigenvalue weighted by Gasteiger charge is 2.18. The second kappa shape index (κ2) is 11.6. The van der Waals surface area contributed by atoms with E-state index in [4.69, 9.17) is 16.3 Å². The third-order valence-corrected chi connectivity index (χ3v) is 5.99. The first-order valence-corrected chi connectivity index (χ1v) is 11.9. The van der Waals surface area contributed by atoms with Crippen LogP contribution in [0.1, 0.15) is 5.56 Å². The Balaban J connectivity index is 1.58. The summed E-state index contributed by atoms with van der Waals surface area (Å²) in [5.41, 5.74) is 0.299. The van der Waals surface area contributed by atoms with Crippen LogP contribution in [0.25, 0.3) is 10.9 Å². The van der Waals surface area contributed by atoms with Crippen LogP contribution in [0.3, 0.4) is 0 Å². The van der Waals surface area contributed by atoms with E-state index in [0.717, 1.165) is 10.1 Å². The first-order valence-electron chi connectivity index (χ1n) is 11.5. The lowest BCUT2D eigenvalue weighted by molar-refractivity contribution is -0.121. The first kappa shape index (κ1) is 25.7. The van der Waals surface area contributed by atoms with E-state index in [1.165, 1.54) is 17.7 Å². The van der Waals surface area contributed by atoms with E-state index >= 15 is 0 Å². The minimum atomic E-state index is -0.768. The summed E-state index contributed by atoms with van der Waals surface area (Å²) in [7, 11) is 1.46. The molecule has 0 aliphatic rings. The van der Waals surface area contributed by atoms with Crippen LogP contribution in [0, 0.1) is 0 Å². The van der Waals surface area contributed by atoms with Gasteiger partial charge in [0.1, 0.15) is 18.8 Å². The average Bonchev–Trinajstić information content (AvgIpc) is 2.90. The first-order chi connectivity index (χ1) is 17.9. The van der Waals surface area contributed by atoms with Crippen LogP contribution in [0.5, 0.6) is 5.75 Å². The molecule has 0 radical (unpaired) electrons. The Morgan fingerprint density at radius 3 is 2.35 bits per heavy atom. The van der Waals surface area contributed by atoms with Crippen LogP contribution in [0.2, 0.25) is 5.02 Å². The van der Waals surface area contributed by atoms with Gasteiger partial charge in [-0.05, 0) is 42.3 Å². The number of carbonyl (C=O) groups is 2. The molecule has 0 spiro atoms. The quantitative estimate of drug-likeness (QED) is 0.352. The van der Waals surface area contributed by atoms with E-state index in [-0.39, 0.29) is 10.9 Å². The number of aromatic nitrogens is 2. The molecule has 0 aliphatic carbocycles. The molecule has 37 heavy (non-hydrogen) atoms. The number of amides is 2. The number of benzene rings is 3. The van der Waals surface area contributed by atoms with Gasteiger partial charge in [-0.3, -0.25) is 23.5 Å². The number of anilines is 1. The molecule has 9 nitrogen and oxygen atoms in total. The Morgan fingerprint density at radius 1 is 0.892 bits per heavy atom. The number of fused-ring (bicyclic) bond motifs is 1. The van der Waals surface area contributed by atoms with E-state index in [9.17, 15) is 19.2 Å². The van der Waals surface area contributed by atoms with Crippen LogP contribution >= 0.6 is 11.6 Å². The molecule has 1 heterocycles. The average molecular weight is 521 g/mol. The predicted octanol–water partition coefficient (Wildman–Crippen LogP) is 2.82. The minimum absolute atomic E-state index is 0.215. The fraction of sp³-hybridized carbons (Fsp3) is 0.185. The summed E-state index contributed by atoms with van der Waals surface area (Å²) >= 11 is 6.04. The third kappa shape index (κ3) is 6.07. The number of rotatable bonds is 9. The van der Waals surface area contributed by atoms with Gasteiger partial charge in [0, 0.05) is 11.6 Å². The zero-order valence-electron chi connectivity index (χ0n) is 20.1. The van der Waals surface area contributed by atoms with Crippen molar-refractivity contribution < 1.29 is 14.3 Å². The Labute approximate surface area is 217 Å². The van der Waals surface area contributed by atoms with E-state index in [1.54, 1.807) is 36.4 Å². The summed E-state index contributed by atoms with van der Waals surface area (Å²) in [6.45, 7) is -0.519. The summed E-state index contributed by atoms with van der Waals surface area (Å²) < 4.78 is 7.26. The van der Waals surface area contributed by atoms with Crippen molar-refractivity contribution in [2.75, 3.05) is 19.0 Å². The lowest BCUT2D eigenvalue weighted by atomic mass is 10.1. The van der Waals surface area contributed by atoms with E-state index in [2.05, 4.69) is 10.6 Å². The number of hydrogen-bond donors (Lipinski definition) is 2. The molecular formula is C27H25ClN4O5. The Morgan fingerprint density at radius 2 is 1.59 bits per heavy atom. The highest BCUT2D eigenvalue weighted by Crippen LogP contribution is 2.27. The Kier molecular flexibility index (Phi) is 8.05. The normalized spacial score (nSPS) is 10.8. The zero-order valence-corrected chi connectivity index (χ0v) is 20.8. The molecule has 2 amide bonds. The van der Waals surface area contributed by atoms with Crippen molar-refractivity contribution in [3.8, 4) is 5.75 Å². The number of halogens is 1. The van der Waals surface area contributed by atoms with Gasteiger partial charge in [-0.2, -0.15) is 0 Å². The molecule has 190 valence electrons. The lowest BCUT2D eigenvalue weighted by Gasteiger charge is -2.15. The molecule has 2 N–H and O–H groups in total. The standard InChI is InChI=1S/C27H25ClN4O5/c1-37-23-12-11-19(28)15-21(23)30-25(34)17-31-22-10-6-5-9-20(22)26(35)32(27(31)36)16-24(33)29-14-13-18-7-3-2-4-8-18/h2-12,15H,13-14,16-17H2,1H3,(H,29,33)(H,30,34). The van der Waals surface area contributed by atoms with Crippen LogP contribution in [-0.4, -0.2) is 34.6 Å². The van der Waals surface area contributed by atoms with Gasteiger partial charge in [0.15, 0.2) is 0 Å². The highest BCUT2D eigenvalue weighted by molar-refractivity contribution is 6.31. The minimum Gasteiger partial charge on any atom is -0.495 e. The van der Waals surface area contributed by atoms with Crippen molar-refractivity contribution in [1.29, 1.82) is 0 Å². The Bertz CT molecular complexity index is 1560. The van der Waals surface area contributed by atoms with Crippen molar-refractivity contribution in [2.45, 2.75) is 19.5 Å². The zero-order chi connectivity index (χ0) is 26.4. The molecule has 4 rings (SSSR count). The van der Waals surface area contributed by atoms with Gasteiger partial charge in [0.05, 0.1) is 23.7 Å². The summed E-state index contributed by atoms with van der Waals surface area (Å²) in [5, 5.41) is 6.04. The SMILES string of the molecule is COc1ccc(Cl)cc1NC(=O)Cn1c(=O)n(CC(=O)NCCc2ccccc2)c(=O)c2ccccc21. The maximum atomic E-state index is 13.3. The fourth-order valence-electron chi connectivity index (χ4n) is 3.96. The second-order valence-electron chi connectivity index (χ2n) is 8.26. The van der Waals surface area contributed by atoms with E-state index in [1.807, 2.05) is 30.3 Å². The monoisotopic (exact) mass is 520 g/mol. The molecule has 4 aromatic rings. The molecule has 0 aliphatic heterocycles. The van der Waals surface area contributed by atoms with E-state index < -0.39 is 36.2 Å². The van der Waals surface area contributed by atoms with Gasteiger partial charge in [-0.25, -0.2) is 4.79 Å². The molecule has 0 bridgehead atoms. The van der Waals surface area contributed by atoms with Crippen molar-refractivity contribution >= 4 is 40.0 Å². The summed E-state index contributed by atoms with van der Waals surface area (Å²) in [6, 6.07) is 20.8. The maximum absolute atomic E-state index is 13.3. The maximum Gasteiger partial charge on any atom is 0.332 e. The molecule has 1 aromatic heterocycles. The smallest absolute Gasteiger partial charge is 0.332 e. The number of ether oxygens (including phenoxy) is 1. The van der Waals surface area contributed by atoms with Gasteiger partial charge in [-0.1, -0.05) is 54.1 Å².